The van der Waals surface area contributed by atoms with E-state index in [2.05, 4.69) is 13.2 Å². The molecule has 1 N–H and O–H groups in total. The highest BCUT2D eigenvalue weighted by Crippen LogP contribution is 2.26. The predicted molar refractivity (Wildman–Crippen MR) is 96.4 cm³/mol. The van der Waals surface area contributed by atoms with E-state index in [9.17, 15) is 9.59 Å². The third-order valence-electron chi connectivity index (χ3n) is 3.42. The summed E-state index contributed by atoms with van der Waals surface area (Å²) in [6.07, 6.45) is 0. The van der Waals surface area contributed by atoms with E-state index >= 15 is 0 Å². The lowest BCUT2D eigenvalue weighted by Crippen LogP contribution is -2.44. The molecule has 0 aromatic rings. The van der Waals surface area contributed by atoms with Crippen molar-refractivity contribution in [3.63, 3.8) is 0 Å². The maximum Gasteiger partial charge on any atom is 0.333 e. The molecule has 2 rings (SSSR count). The molecule has 2 fully saturated rings. The van der Waals surface area contributed by atoms with Crippen molar-refractivity contribution in [1.82, 2.24) is 0 Å². The van der Waals surface area contributed by atoms with Crippen LogP contribution in [0.3, 0.4) is 0 Å². The summed E-state index contributed by atoms with van der Waals surface area (Å²) in [7, 11) is 0. The molecule has 0 spiro atoms. The fourth-order valence-corrected chi connectivity index (χ4v) is 1.44. The van der Waals surface area contributed by atoms with Gasteiger partial charge >= 0.3 is 5.97 Å². The summed E-state index contributed by atoms with van der Waals surface area (Å²) in [5, 5.41) is 8.10. The van der Waals surface area contributed by atoms with Gasteiger partial charge in [-0.3, -0.25) is 4.79 Å². The van der Waals surface area contributed by atoms with Gasteiger partial charge in [-0.15, -0.1) is 0 Å². The average molecular weight is 377 g/mol. The Morgan fingerprint density at radius 3 is 1.60 bits per heavy atom. The van der Waals surface area contributed by atoms with Gasteiger partial charge in [0.2, 0.25) is 5.24 Å². The molecule has 0 aliphatic carbocycles. The second kappa shape index (κ2) is 10.7. The molecule has 2 aliphatic rings. The van der Waals surface area contributed by atoms with Gasteiger partial charge in [0.1, 0.15) is 6.61 Å². The Morgan fingerprint density at radius 2 is 1.44 bits per heavy atom. The van der Waals surface area contributed by atoms with Gasteiger partial charge in [0, 0.05) is 22.0 Å². The van der Waals surface area contributed by atoms with E-state index < -0.39 is 5.24 Å². The van der Waals surface area contributed by atoms with Crippen LogP contribution in [0.2, 0.25) is 0 Å². The van der Waals surface area contributed by atoms with Crippen LogP contribution in [0.25, 0.3) is 0 Å². The summed E-state index contributed by atoms with van der Waals surface area (Å²) < 4.78 is 14.9. The normalized spacial score (nSPS) is 18.6. The number of rotatable bonds is 5. The van der Waals surface area contributed by atoms with Gasteiger partial charge < -0.3 is 19.3 Å². The average Bonchev–Trinajstić information content (AvgIpc) is 2.49. The zero-order chi connectivity index (χ0) is 19.7. The van der Waals surface area contributed by atoms with Crippen molar-refractivity contribution in [3.8, 4) is 0 Å². The SMILES string of the molecule is C=C(C)C(=O)Cl.C=C(C)C(=O)OCC1(C)COC1.CC1(CO)COC1. The van der Waals surface area contributed by atoms with Gasteiger partial charge in [0.25, 0.3) is 0 Å². The van der Waals surface area contributed by atoms with Gasteiger partial charge in [-0.25, -0.2) is 4.79 Å². The second-order valence-electron chi connectivity index (χ2n) is 7.18. The molecule has 144 valence electrons. The Balaban J connectivity index is 0.000000378. The van der Waals surface area contributed by atoms with Gasteiger partial charge in [-0.05, 0) is 25.4 Å². The van der Waals surface area contributed by atoms with E-state index in [4.69, 9.17) is 30.9 Å². The lowest BCUT2D eigenvalue weighted by molar-refractivity contribution is -0.161. The van der Waals surface area contributed by atoms with E-state index in [1.807, 2.05) is 13.8 Å². The van der Waals surface area contributed by atoms with Gasteiger partial charge in [0.05, 0.1) is 33.0 Å². The molecule has 0 saturated carbocycles. The quantitative estimate of drug-likeness (QED) is 0.451. The number of carbonyl (C=O) groups is 2. The molecule has 25 heavy (non-hydrogen) atoms. The van der Waals surface area contributed by atoms with Crippen LogP contribution in [0, 0.1) is 10.8 Å². The Bertz CT molecular complexity index is 474. The molecular formula is C18H29ClO6. The van der Waals surface area contributed by atoms with Gasteiger partial charge in [-0.2, -0.15) is 0 Å². The van der Waals surface area contributed by atoms with Crippen molar-refractivity contribution < 1.29 is 28.9 Å². The molecule has 0 bridgehead atoms. The van der Waals surface area contributed by atoms with E-state index in [0.717, 1.165) is 13.2 Å². The van der Waals surface area contributed by atoms with Gasteiger partial charge in [0.15, 0.2) is 0 Å². The molecular weight excluding hydrogens is 348 g/mol. The summed E-state index contributed by atoms with van der Waals surface area (Å²) >= 11 is 4.87. The smallest absolute Gasteiger partial charge is 0.333 e. The minimum absolute atomic E-state index is 0.0328. The van der Waals surface area contributed by atoms with E-state index in [1.54, 1.807) is 13.8 Å². The van der Waals surface area contributed by atoms with Crippen molar-refractivity contribution in [2.24, 2.45) is 10.8 Å². The monoisotopic (exact) mass is 376 g/mol. The Kier molecular flexibility index (Phi) is 10.2. The minimum atomic E-state index is -0.463. The summed E-state index contributed by atoms with van der Waals surface area (Å²) in [6, 6.07) is 0. The number of aliphatic hydroxyl groups is 1. The van der Waals surface area contributed by atoms with Crippen LogP contribution >= 0.6 is 11.6 Å². The minimum Gasteiger partial charge on any atom is -0.462 e. The van der Waals surface area contributed by atoms with E-state index in [0.29, 0.717) is 31.0 Å². The van der Waals surface area contributed by atoms with Crippen LogP contribution in [0.1, 0.15) is 27.7 Å². The molecule has 2 aliphatic heterocycles. The van der Waals surface area contributed by atoms with Crippen molar-refractivity contribution in [1.29, 1.82) is 0 Å². The topological polar surface area (TPSA) is 82.1 Å². The first-order chi connectivity index (χ1) is 11.4. The number of hydrogen-bond donors (Lipinski definition) is 1. The first-order valence-electron chi connectivity index (χ1n) is 7.89. The molecule has 0 amide bonds. The third kappa shape index (κ3) is 9.75. The van der Waals surface area contributed by atoms with Crippen LogP contribution in [-0.2, 0) is 23.8 Å². The summed E-state index contributed by atoms with van der Waals surface area (Å²) in [5.74, 6) is -0.317. The van der Waals surface area contributed by atoms with Crippen LogP contribution in [0.5, 0.6) is 0 Å². The van der Waals surface area contributed by atoms with Gasteiger partial charge in [-0.1, -0.05) is 27.0 Å². The van der Waals surface area contributed by atoms with Crippen LogP contribution in [0.4, 0.5) is 0 Å². The first kappa shape index (κ1) is 23.8. The zero-order valence-corrected chi connectivity index (χ0v) is 16.3. The summed E-state index contributed by atoms with van der Waals surface area (Å²) in [5.41, 5.74) is 0.959. The van der Waals surface area contributed by atoms with Crippen LogP contribution in [-0.4, -0.2) is 56.0 Å². The van der Waals surface area contributed by atoms with Crippen molar-refractivity contribution >= 4 is 22.8 Å². The molecule has 6 nitrogen and oxygen atoms in total. The second-order valence-corrected chi connectivity index (χ2v) is 7.52. The van der Waals surface area contributed by atoms with Crippen molar-refractivity contribution in [2.75, 3.05) is 39.6 Å². The molecule has 0 radical (unpaired) electrons. The molecule has 0 aromatic heterocycles. The third-order valence-corrected chi connectivity index (χ3v) is 3.74. The fourth-order valence-electron chi connectivity index (χ4n) is 1.44. The van der Waals surface area contributed by atoms with E-state index in [1.165, 1.54) is 0 Å². The highest BCUT2D eigenvalue weighted by Gasteiger charge is 2.34. The number of carbonyl (C=O) groups excluding carboxylic acids is 2. The summed E-state index contributed by atoms with van der Waals surface area (Å²) in [6.45, 7) is 17.5. The number of ether oxygens (including phenoxy) is 3. The maximum atomic E-state index is 11.0. The van der Waals surface area contributed by atoms with Crippen LogP contribution < -0.4 is 0 Å². The molecule has 2 heterocycles. The number of halogens is 1. The highest BCUT2D eigenvalue weighted by atomic mass is 35.5. The predicted octanol–water partition coefficient (Wildman–Crippen LogP) is 2.49. The molecule has 0 aromatic carbocycles. The molecule has 2 saturated heterocycles. The number of hydrogen-bond acceptors (Lipinski definition) is 6. The Morgan fingerprint density at radius 1 is 1.04 bits per heavy atom. The number of esters is 1. The highest BCUT2D eigenvalue weighted by molar-refractivity contribution is 6.67. The Hall–Kier alpha value is -1.21. The lowest BCUT2D eigenvalue weighted by Gasteiger charge is -2.37. The van der Waals surface area contributed by atoms with Crippen molar-refractivity contribution in [2.45, 2.75) is 27.7 Å². The fraction of sp³-hybridized carbons (Fsp3) is 0.667. The Labute approximate surface area is 154 Å². The van der Waals surface area contributed by atoms with Crippen LogP contribution in [0.15, 0.2) is 24.3 Å². The molecule has 0 unspecified atom stereocenters. The van der Waals surface area contributed by atoms with E-state index in [-0.39, 0.29) is 23.4 Å². The standard InChI is InChI=1S/C9H14O3.C5H10O2.C4H5ClO/c1-7(2)8(10)12-6-9(3)4-11-5-9;1-5(2-6)3-7-4-5;1-3(2)4(5)6/h1,4-6H2,2-3H3;6H,2-4H2,1H3;1H2,2H3. The van der Waals surface area contributed by atoms with Crippen molar-refractivity contribution in [3.05, 3.63) is 24.3 Å². The zero-order valence-electron chi connectivity index (χ0n) is 15.5. The lowest BCUT2D eigenvalue weighted by atomic mass is 9.90. The number of aliphatic hydroxyl groups excluding tert-OH is 1. The molecule has 0 atom stereocenters. The summed E-state index contributed by atoms with van der Waals surface area (Å²) in [4.78, 5) is 20.8. The first-order valence-corrected chi connectivity index (χ1v) is 8.27. The maximum absolute atomic E-state index is 11.0. The number of allylic oxidation sites excluding steroid dienone is 1. The largest absolute Gasteiger partial charge is 0.462 e. The molecule has 7 heteroatoms.